The molecular formula is C26H24N4O4. The number of carbonyl (C=O) groups is 2. The molecule has 4 aromatic rings. The number of aromatic carboxylic acids is 1. The Morgan fingerprint density at radius 3 is 2.29 bits per heavy atom. The van der Waals surface area contributed by atoms with Gasteiger partial charge in [-0.05, 0) is 59.5 Å². The standard InChI is InChI=1S/C26H24N4O4/c1-16(2)18-10-12-21(13-11-18)27-26(33)28-22-5-3-4-20(15-22)24-30-29-23(34-24)14-17-6-8-19(9-7-17)25(31)32/h3-13,15-16H,14H2,1-2H3,(H,31,32)(H2,27,28,33). The number of nitrogens with zero attached hydrogens (tertiary/aromatic N) is 2. The number of hydrogen-bond donors (Lipinski definition) is 3. The van der Waals surface area contributed by atoms with Crippen molar-refractivity contribution in [3.8, 4) is 11.5 Å². The van der Waals surface area contributed by atoms with Crippen LogP contribution in [-0.2, 0) is 6.42 Å². The molecule has 0 saturated carbocycles. The van der Waals surface area contributed by atoms with E-state index >= 15 is 0 Å². The molecule has 0 unspecified atom stereocenters. The third-order valence-corrected chi connectivity index (χ3v) is 5.23. The third-order valence-electron chi connectivity index (χ3n) is 5.23. The van der Waals surface area contributed by atoms with E-state index in [4.69, 9.17) is 9.52 Å². The zero-order chi connectivity index (χ0) is 24.1. The van der Waals surface area contributed by atoms with Gasteiger partial charge in [0.1, 0.15) is 0 Å². The summed E-state index contributed by atoms with van der Waals surface area (Å²) >= 11 is 0. The Balaban J connectivity index is 1.39. The van der Waals surface area contributed by atoms with E-state index in [1.54, 1.807) is 30.3 Å². The van der Waals surface area contributed by atoms with Crippen molar-refractivity contribution in [3.63, 3.8) is 0 Å². The largest absolute Gasteiger partial charge is 0.478 e. The van der Waals surface area contributed by atoms with Crippen LogP contribution >= 0.6 is 0 Å². The van der Waals surface area contributed by atoms with Gasteiger partial charge in [0, 0.05) is 16.9 Å². The van der Waals surface area contributed by atoms with Gasteiger partial charge < -0.3 is 20.2 Å². The lowest BCUT2D eigenvalue weighted by atomic mass is 10.0. The van der Waals surface area contributed by atoms with Crippen molar-refractivity contribution in [2.45, 2.75) is 26.2 Å². The lowest BCUT2D eigenvalue weighted by molar-refractivity contribution is 0.0697. The summed E-state index contributed by atoms with van der Waals surface area (Å²) in [6, 6.07) is 21.0. The highest BCUT2D eigenvalue weighted by Crippen LogP contribution is 2.23. The number of carboxylic acids is 1. The summed E-state index contributed by atoms with van der Waals surface area (Å²) in [7, 11) is 0. The summed E-state index contributed by atoms with van der Waals surface area (Å²) < 4.78 is 5.77. The summed E-state index contributed by atoms with van der Waals surface area (Å²) in [6.07, 6.45) is 0.378. The van der Waals surface area contributed by atoms with E-state index in [2.05, 4.69) is 34.7 Å². The molecule has 172 valence electrons. The lowest BCUT2D eigenvalue weighted by Crippen LogP contribution is -2.19. The Labute approximate surface area is 196 Å². The highest BCUT2D eigenvalue weighted by Gasteiger charge is 2.12. The number of amides is 2. The van der Waals surface area contributed by atoms with E-state index in [-0.39, 0.29) is 11.6 Å². The first-order valence-corrected chi connectivity index (χ1v) is 10.8. The molecule has 0 aliphatic heterocycles. The molecule has 0 spiro atoms. The van der Waals surface area contributed by atoms with Gasteiger partial charge in [-0.25, -0.2) is 9.59 Å². The van der Waals surface area contributed by atoms with Crippen LogP contribution in [0.3, 0.4) is 0 Å². The summed E-state index contributed by atoms with van der Waals surface area (Å²) in [5.74, 6) is 0.177. The maximum Gasteiger partial charge on any atom is 0.335 e. The van der Waals surface area contributed by atoms with E-state index in [1.807, 2.05) is 30.3 Å². The molecule has 1 aromatic heterocycles. The van der Waals surface area contributed by atoms with Gasteiger partial charge in [-0.15, -0.1) is 10.2 Å². The van der Waals surface area contributed by atoms with Crippen molar-refractivity contribution >= 4 is 23.4 Å². The molecule has 4 rings (SSSR count). The van der Waals surface area contributed by atoms with Gasteiger partial charge >= 0.3 is 12.0 Å². The smallest absolute Gasteiger partial charge is 0.335 e. The van der Waals surface area contributed by atoms with Crippen LogP contribution < -0.4 is 10.6 Å². The molecular weight excluding hydrogens is 432 g/mol. The van der Waals surface area contributed by atoms with Gasteiger partial charge in [0.15, 0.2) is 0 Å². The van der Waals surface area contributed by atoms with Crippen molar-refractivity contribution in [1.82, 2.24) is 10.2 Å². The van der Waals surface area contributed by atoms with Gasteiger partial charge in [-0.3, -0.25) is 0 Å². The summed E-state index contributed by atoms with van der Waals surface area (Å²) in [5, 5.41) is 22.8. The third kappa shape index (κ3) is 5.66. The first-order valence-electron chi connectivity index (χ1n) is 10.8. The predicted molar refractivity (Wildman–Crippen MR) is 129 cm³/mol. The summed E-state index contributed by atoms with van der Waals surface area (Å²) in [4.78, 5) is 23.4. The molecule has 8 nitrogen and oxygen atoms in total. The van der Waals surface area contributed by atoms with E-state index in [0.29, 0.717) is 41.1 Å². The molecule has 34 heavy (non-hydrogen) atoms. The molecule has 0 atom stereocenters. The Morgan fingerprint density at radius 2 is 1.62 bits per heavy atom. The molecule has 0 aliphatic rings. The van der Waals surface area contributed by atoms with Gasteiger partial charge in [0.25, 0.3) is 0 Å². The Kier molecular flexibility index (Phi) is 6.68. The fourth-order valence-corrected chi connectivity index (χ4v) is 3.36. The molecule has 2 amide bonds. The average molecular weight is 457 g/mol. The minimum absolute atomic E-state index is 0.218. The normalized spacial score (nSPS) is 10.8. The van der Waals surface area contributed by atoms with E-state index < -0.39 is 5.97 Å². The maximum absolute atomic E-state index is 12.4. The molecule has 0 fully saturated rings. The SMILES string of the molecule is CC(C)c1ccc(NC(=O)Nc2cccc(-c3nnc(Cc4ccc(C(=O)O)cc4)o3)c2)cc1. The minimum Gasteiger partial charge on any atom is -0.478 e. The molecule has 0 radical (unpaired) electrons. The van der Waals surface area contributed by atoms with Crippen LogP contribution in [0.1, 0.15) is 47.1 Å². The van der Waals surface area contributed by atoms with Gasteiger partial charge in [0.05, 0.1) is 12.0 Å². The molecule has 8 heteroatoms. The number of aromatic nitrogens is 2. The van der Waals surface area contributed by atoms with Crippen molar-refractivity contribution in [2.75, 3.05) is 10.6 Å². The summed E-state index contributed by atoms with van der Waals surface area (Å²) in [5.41, 5.74) is 4.23. The van der Waals surface area contributed by atoms with Crippen LogP contribution in [0, 0.1) is 0 Å². The topological polar surface area (TPSA) is 117 Å². The van der Waals surface area contributed by atoms with Crippen LogP contribution in [0.25, 0.3) is 11.5 Å². The minimum atomic E-state index is -0.974. The van der Waals surface area contributed by atoms with Crippen molar-refractivity contribution in [1.29, 1.82) is 0 Å². The molecule has 3 aromatic carbocycles. The monoisotopic (exact) mass is 456 g/mol. The maximum atomic E-state index is 12.4. The fraction of sp³-hybridized carbons (Fsp3) is 0.154. The van der Waals surface area contributed by atoms with Crippen LogP contribution in [0.5, 0.6) is 0 Å². The van der Waals surface area contributed by atoms with Crippen molar-refractivity contribution < 1.29 is 19.1 Å². The molecule has 1 heterocycles. The Bertz CT molecular complexity index is 1300. The summed E-state index contributed by atoms with van der Waals surface area (Å²) in [6.45, 7) is 4.24. The zero-order valence-corrected chi connectivity index (χ0v) is 18.8. The molecule has 3 N–H and O–H groups in total. The number of anilines is 2. The van der Waals surface area contributed by atoms with Crippen molar-refractivity contribution in [2.24, 2.45) is 0 Å². The van der Waals surface area contributed by atoms with Crippen LogP contribution in [0.4, 0.5) is 16.2 Å². The molecule has 0 saturated heterocycles. The zero-order valence-electron chi connectivity index (χ0n) is 18.8. The van der Waals surface area contributed by atoms with Crippen LogP contribution in [0.2, 0.25) is 0 Å². The fourth-order valence-electron chi connectivity index (χ4n) is 3.36. The van der Waals surface area contributed by atoms with Gasteiger partial charge in [-0.2, -0.15) is 0 Å². The molecule has 0 bridgehead atoms. The van der Waals surface area contributed by atoms with E-state index in [9.17, 15) is 9.59 Å². The van der Waals surface area contributed by atoms with Gasteiger partial charge in [-0.1, -0.05) is 44.2 Å². The number of nitrogens with one attached hydrogen (secondary N) is 2. The van der Waals surface area contributed by atoms with E-state index in [1.165, 1.54) is 17.7 Å². The first kappa shape index (κ1) is 22.7. The van der Waals surface area contributed by atoms with Crippen LogP contribution in [0.15, 0.2) is 77.2 Å². The highest BCUT2D eigenvalue weighted by molar-refractivity contribution is 6.00. The molecule has 0 aliphatic carbocycles. The van der Waals surface area contributed by atoms with E-state index in [0.717, 1.165) is 5.56 Å². The van der Waals surface area contributed by atoms with Crippen molar-refractivity contribution in [3.05, 3.63) is 95.4 Å². The highest BCUT2D eigenvalue weighted by atomic mass is 16.4. The Morgan fingerprint density at radius 1 is 0.912 bits per heavy atom. The quantitative estimate of drug-likeness (QED) is 0.324. The number of carbonyl (C=O) groups excluding carboxylic acids is 1. The lowest BCUT2D eigenvalue weighted by Gasteiger charge is -2.10. The first-order chi connectivity index (χ1) is 16.4. The average Bonchev–Trinajstić information content (AvgIpc) is 3.28. The number of urea groups is 1. The van der Waals surface area contributed by atoms with Crippen LogP contribution in [-0.4, -0.2) is 27.3 Å². The number of hydrogen-bond acceptors (Lipinski definition) is 5. The number of rotatable bonds is 7. The second kappa shape index (κ2) is 9.99. The van der Waals surface area contributed by atoms with Gasteiger partial charge in [0.2, 0.25) is 11.8 Å². The number of carboxylic acid groups (broad SMARTS) is 1. The second-order valence-electron chi connectivity index (χ2n) is 8.12. The Hall–Kier alpha value is -4.46. The number of benzene rings is 3. The second-order valence-corrected chi connectivity index (χ2v) is 8.12. The predicted octanol–water partition coefficient (Wildman–Crippen LogP) is 5.79.